The van der Waals surface area contributed by atoms with Crippen LogP contribution in [-0.2, 0) is 11.2 Å². The molecule has 0 bridgehead atoms. The van der Waals surface area contributed by atoms with Gasteiger partial charge in [0.25, 0.3) is 5.69 Å². The summed E-state index contributed by atoms with van der Waals surface area (Å²) in [6.07, 6.45) is 0.778. The average molecular weight is 331 g/mol. The molecule has 2 aromatic rings. The molecule has 7 heteroatoms. The van der Waals surface area contributed by atoms with Crippen molar-refractivity contribution < 1.29 is 14.1 Å². The molecule has 2 rings (SSSR count). The van der Waals surface area contributed by atoms with Gasteiger partial charge in [-0.1, -0.05) is 12.1 Å². The van der Waals surface area contributed by atoms with E-state index in [1.165, 1.54) is 24.3 Å². The minimum atomic E-state index is -0.456. The van der Waals surface area contributed by atoms with Crippen LogP contribution in [0.4, 0.5) is 15.8 Å². The molecule has 0 spiro atoms. The summed E-state index contributed by atoms with van der Waals surface area (Å²) in [5.74, 6) is -0.412. The van der Waals surface area contributed by atoms with Crippen LogP contribution in [0.25, 0.3) is 0 Å². The van der Waals surface area contributed by atoms with E-state index in [1.54, 1.807) is 24.3 Å². The fourth-order valence-corrected chi connectivity index (χ4v) is 2.15. The van der Waals surface area contributed by atoms with Gasteiger partial charge in [-0.2, -0.15) is 0 Å². The zero-order valence-electron chi connectivity index (χ0n) is 13.0. The monoisotopic (exact) mass is 331 g/mol. The molecule has 0 aromatic heterocycles. The van der Waals surface area contributed by atoms with Gasteiger partial charge in [-0.3, -0.25) is 14.9 Å². The summed E-state index contributed by atoms with van der Waals surface area (Å²) >= 11 is 0. The average Bonchev–Trinajstić information content (AvgIpc) is 2.57. The highest BCUT2D eigenvalue weighted by Gasteiger charge is 2.04. The van der Waals surface area contributed by atoms with E-state index in [4.69, 9.17) is 0 Å². The molecule has 2 aromatic carbocycles. The second-order valence-corrected chi connectivity index (χ2v) is 5.21. The molecular formula is C17H18FN3O3. The van der Waals surface area contributed by atoms with Gasteiger partial charge in [0.15, 0.2) is 0 Å². The summed E-state index contributed by atoms with van der Waals surface area (Å²) in [4.78, 5) is 21.8. The van der Waals surface area contributed by atoms with Crippen molar-refractivity contribution in [3.8, 4) is 0 Å². The topological polar surface area (TPSA) is 84.3 Å². The predicted molar refractivity (Wildman–Crippen MR) is 89.3 cm³/mol. The molecule has 0 saturated carbocycles. The third-order valence-corrected chi connectivity index (χ3v) is 3.38. The summed E-state index contributed by atoms with van der Waals surface area (Å²) in [5.41, 5.74) is 1.56. The van der Waals surface area contributed by atoms with Gasteiger partial charge in [0.1, 0.15) is 5.82 Å². The SMILES string of the molecule is O=C(CCc1cccc(F)c1)NCCNc1ccc([N+](=O)[O-])cc1. The molecule has 6 nitrogen and oxygen atoms in total. The smallest absolute Gasteiger partial charge is 0.269 e. The first-order chi connectivity index (χ1) is 11.5. The number of carbonyl (C=O) groups excluding carboxylic acids is 1. The van der Waals surface area contributed by atoms with Crippen molar-refractivity contribution in [2.75, 3.05) is 18.4 Å². The molecule has 0 unspecified atom stereocenters. The highest BCUT2D eigenvalue weighted by atomic mass is 19.1. The number of aryl methyl sites for hydroxylation is 1. The lowest BCUT2D eigenvalue weighted by molar-refractivity contribution is -0.384. The Bertz CT molecular complexity index is 704. The van der Waals surface area contributed by atoms with Crippen LogP contribution < -0.4 is 10.6 Å². The number of hydrogen-bond acceptors (Lipinski definition) is 4. The lowest BCUT2D eigenvalue weighted by atomic mass is 10.1. The van der Waals surface area contributed by atoms with E-state index in [2.05, 4.69) is 10.6 Å². The summed E-state index contributed by atoms with van der Waals surface area (Å²) in [6, 6.07) is 12.3. The molecule has 0 aliphatic heterocycles. The van der Waals surface area contributed by atoms with Crippen LogP contribution in [0, 0.1) is 15.9 Å². The molecule has 0 aliphatic rings. The minimum Gasteiger partial charge on any atom is -0.383 e. The molecule has 2 N–H and O–H groups in total. The number of amides is 1. The van der Waals surface area contributed by atoms with Crippen molar-refractivity contribution in [3.05, 3.63) is 70.0 Å². The standard InChI is InChI=1S/C17H18FN3O3/c18-14-3-1-2-13(12-14)4-9-17(22)20-11-10-19-15-5-7-16(8-6-15)21(23)24/h1-3,5-8,12,19H,4,9-11H2,(H,20,22). The normalized spacial score (nSPS) is 10.2. The number of halogens is 1. The Hall–Kier alpha value is -2.96. The Morgan fingerprint density at radius 1 is 1.12 bits per heavy atom. The molecule has 126 valence electrons. The largest absolute Gasteiger partial charge is 0.383 e. The van der Waals surface area contributed by atoms with Crippen LogP contribution in [0.2, 0.25) is 0 Å². The first kappa shape index (κ1) is 17.4. The maximum atomic E-state index is 13.0. The van der Waals surface area contributed by atoms with Crippen LogP contribution in [-0.4, -0.2) is 23.9 Å². The van der Waals surface area contributed by atoms with Gasteiger partial charge in [-0.25, -0.2) is 4.39 Å². The summed E-state index contributed by atoms with van der Waals surface area (Å²) in [7, 11) is 0. The third-order valence-electron chi connectivity index (χ3n) is 3.38. The van der Waals surface area contributed by atoms with E-state index >= 15 is 0 Å². The van der Waals surface area contributed by atoms with Crippen LogP contribution in [0.15, 0.2) is 48.5 Å². The fraction of sp³-hybridized carbons (Fsp3) is 0.235. The van der Waals surface area contributed by atoms with Crippen LogP contribution in [0.1, 0.15) is 12.0 Å². The molecule has 0 radical (unpaired) electrons. The molecule has 24 heavy (non-hydrogen) atoms. The molecule has 0 heterocycles. The Kier molecular flexibility index (Phi) is 6.24. The highest BCUT2D eigenvalue weighted by Crippen LogP contribution is 2.14. The quantitative estimate of drug-likeness (QED) is 0.442. The van der Waals surface area contributed by atoms with Gasteiger partial charge >= 0.3 is 0 Å². The Balaban J connectivity index is 1.64. The Labute approximate surface area is 138 Å². The summed E-state index contributed by atoms with van der Waals surface area (Å²) in [5, 5.41) is 16.4. The van der Waals surface area contributed by atoms with E-state index in [0.29, 0.717) is 25.9 Å². The lowest BCUT2D eigenvalue weighted by Crippen LogP contribution is -2.28. The van der Waals surface area contributed by atoms with Crippen molar-refractivity contribution in [2.24, 2.45) is 0 Å². The molecule has 0 atom stereocenters. The number of hydrogen-bond donors (Lipinski definition) is 2. The van der Waals surface area contributed by atoms with Crippen molar-refractivity contribution in [2.45, 2.75) is 12.8 Å². The summed E-state index contributed by atoms with van der Waals surface area (Å²) in [6.45, 7) is 0.933. The molecule has 0 saturated heterocycles. The lowest BCUT2D eigenvalue weighted by Gasteiger charge is -2.08. The van der Waals surface area contributed by atoms with E-state index < -0.39 is 4.92 Å². The first-order valence-corrected chi connectivity index (χ1v) is 7.54. The van der Waals surface area contributed by atoms with Crippen molar-refractivity contribution in [1.82, 2.24) is 5.32 Å². The zero-order valence-corrected chi connectivity index (χ0v) is 13.0. The number of benzene rings is 2. The van der Waals surface area contributed by atoms with Gasteiger partial charge in [0, 0.05) is 37.3 Å². The van der Waals surface area contributed by atoms with Crippen molar-refractivity contribution in [3.63, 3.8) is 0 Å². The van der Waals surface area contributed by atoms with Gasteiger partial charge in [0.2, 0.25) is 5.91 Å². The minimum absolute atomic E-state index is 0.0335. The molecule has 1 amide bonds. The van der Waals surface area contributed by atoms with Crippen LogP contribution >= 0.6 is 0 Å². The number of non-ortho nitro benzene ring substituents is 1. The second-order valence-electron chi connectivity index (χ2n) is 5.21. The molecular weight excluding hydrogens is 313 g/mol. The van der Waals surface area contributed by atoms with Gasteiger partial charge in [-0.05, 0) is 36.2 Å². The maximum Gasteiger partial charge on any atom is 0.269 e. The van der Waals surface area contributed by atoms with Gasteiger partial charge < -0.3 is 10.6 Å². The van der Waals surface area contributed by atoms with Gasteiger partial charge in [-0.15, -0.1) is 0 Å². The predicted octanol–water partition coefficient (Wildman–Crippen LogP) is 2.89. The number of nitro groups is 1. The Morgan fingerprint density at radius 3 is 2.54 bits per heavy atom. The highest BCUT2D eigenvalue weighted by molar-refractivity contribution is 5.76. The number of rotatable bonds is 8. The van der Waals surface area contributed by atoms with Crippen molar-refractivity contribution >= 4 is 17.3 Å². The van der Waals surface area contributed by atoms with Crippen molar-refractivity contribution in [1.29, 1.82) is 0 Å². The van der Waals surface area contributed by atoms with Crippen LogP contribution in [0.3, 0.4) is 0 Å². The molecule has 0 fully saturated rings. The number of anilines is 1. The third kappa shape index (κ3) is 5.68. The van der Waals surface area contributed by atoms with Crippen LogP contribution in [0.5, 0.6) is 0 Å². The van der Waals surface area contributed by atoms with Gasteiger partial charge in [0.05, 0.1) is 4.92 Å². The second kappa shape index (κ2) is 8.61. The Morgan fingerprint density at radius 2 is 1.88 bits per heavy atom. The fourth-order valence-electron chi connectivity index (χ4n) is 2.15. The molecule has 0 aliphatic carbocycles. The number of nitrogens with one attached hydrogen (secondary N) is 2. The summed E-state index contributed by atoms with van der Waals surface area (Å²) < 4.78 is 13.0. The van der Waals surface area contributed by atoms with E-state index in [-0.39, 0.29) is 17.4 Å². The first-order valence-electron chi connectivity index (χ1n) is 7.54. The van der Waals surface area contributed by atoms with E-state index in [9.17, 15) is 19.3 Å². The number of carbonyl (C=O) groups is 1. The number of nitro benzene ring substituents is 1. The maximum absolute atomic E-state index is 13.0. The number of nitrogens with zero attached hydrogens (tertiary/aromatic N) is 1. The van der Waals surface area contributed by atoms with E-state index in [1.807, 2.05) is 0 Å². The van der Waals surface area contributed by atoms with E-state index in [0.717, 1.165) is 11.3 Å². The zero-order chi connectivity index (χ0) is 17.4.